The molecule has 0 aliphatic carbocycles. The minimum absolute atomic E-state index is 0.246. The van der Waals surface area contributed by atoms with Gasteiger partial charge in [0.05, 0.1) is 6.54 Å². The van der Waals surface area contributed by atoms with Gasteiger partial charge in [-0.05, 0) is 38.4 Å². The first-order valence-electron chi connectivity index (χ1n) is 6.78. The third-order valence-electron chi connectivity index (χ3n) is 3.70. The Kier molecular flexibility index (Phi) is 4.24. The van der Waals surface area contributed by atoms with Crippen LogP contribution in [-0.2, 0) is 13.0 Å². The molecule has 2 atom stereocenters. The summed E-state index contributed by atoms with van der Waals surface area (Å²) in [5.74, 6) is 2.16. The predicted molar refractivity (Wildman–Crippen MR) is 69.8 cm³/mol. The van der Waals surface area contributed by atoms with E-state index in [1.807, 2.05) is 0 Å². The maximum atomic E-state index is 6.07. The van der Waals surface area contributed by atoms with Crippen molar-refractivity contribution in [1.29, 1.82) is 0 Å². The molecule has 0 spiro atoms. The van der Waals surface area contributed by atoms with Gasteiger partial charge < -0.3 is 10.2 Å². The van der Waals surface area contributed by atoms with Crippen molar-refractivity contribution in [2.75, 3.05) is 6.54 Å². The van der Waals surface area contributed by atoms with Gasteiger partial charge in [0.2, 0.25) is 0 Å². The standard InChI is InChI=1S/C14H24N2O/c1-3-12-7-8-13(17-12)10-16-9-5-4-6-14(16)11(2)15/h7-8,11,14H,3-6,9-10,15H2,1-2H3. The van der Waals surface area contributed by atoms with Gasteiger partial charge in [0.1, 0.15) is 11.5 Å². The lowest BCUT2D eigenvalue weighted by atomic mass is 9.97. The Morgan fingerprint density at radius 1 is 1.41 bits per heavy atom. The molecule has 17 heavy (non-hydrogen) atoms. The van der Waals surface area contributed by atoms with Gasteiger partial charge >= 0.3 is 0 Å². The fourth-order valence-corrected chi connectivity index (χ4v) is 2.71. The molecule has 1 fully saturated rings. The number of piperidine rings is 1. The van der Waals surface area contributed by atoms with Crippen LogP contribution in [0.25, 0.3) is 0 Å². The molecule has 2 N–H and O–H groups in total. The Morgan fingerprint density at radius 2 is 2.18 bits per heavy atom. The van der Waals surface area contributed by atoms with E-state index >= 15 is 0 Å². The lowest BCUT2D eigenvalue weighted by Gasteiger charge is -2.37. The molecule has 0 aromatic carbocycles. The van der Waals surface area contributed by atoms with Crippen LogP contribution in [0.2, 0.25) is 0 Å². The maximum Gasteiger partial charge on any atom is 0.118 e. The van der Waals surface area contributed by atoms with Crippen molar-refractivity contribution >= 4 is 0 Å². The molecule has 3 nitrogen and oxygen atoms in total. The molecule has 1 saturated heterocycles. The molecule has 1 aromatic heterocycles. The Hall–Kier alpha value is -0.800. The minimum atomic E-state index is 0.246. The zero-order valence-corrected chi connectivity index (χ0v) is 11.0. The van der Waals surface area contributed by atoms with Crippen LogP contribution < -0.4 is 5.73 Å². The number of likely N-dealkylation sites (tertiary alicyclic amines) is 1. The van der Waals surface area contributed by atoms with Crippen LogP contribution in [0.5, 0.6) is 0 Å². The van der Waals surface area contributed by atoms with Crippen LogP contribution >= 0.6 is 0 Å². The lowest BCUT2D eigenvalue weighted by molar-refractivity contribution is 0.113. The Morgan fingerprint density at radius 3 is 2.82 bits per heavy atom. The van der Waals surface area contributed by atoms with Crippen LogP contribution in [0.1, 0.15) is 44.6 Å². The number of nitrogens with two attached hydrogens (primary N) is 1. The molecule has 2 unspecified atom stereocenters. The molecule has 0 bridgehead atoms. The highest BCUT2D eigenvalue weighted by Gasteiger charge is 2.25. The summed E-state index contributed by atoms with van der Waals surface area (Å²) in [6.45, 7) is 6.29. The zero-order chi connectivity index (χ0) is 12.3. The highest BCUT2D eigenvalue weighted by molar-refractivity contribution is 5.07. The molecular formula is C14H24N2O. The van der Waals surface area contributed by atoms with Gasteiger partial charge in [0, 0.05) is 18.5 Å². The summed E-state index contributed by atoms with van der Waals surface area (Å²) < 4.78 is 5.78. The summed E-state index contributed by atoms with van der Waals surface area (Å²) in [6, 6.07) is 4.95. The second-order valence-electron chi connectivity index (χ2n) is 5.11. The number of aryl methyl sites for hydroxylation is 1. The number of hydrogen-bond donors (Lipinski definition) is 1. The molecule has 0 radical (unpaired) electrons. The monoisotopic (exact) mass is 236 g/mol. The van der Waals surface area contributed by atoms with Crippen molar-refractivity contribution in [3.05, 3.63) is 23.7 Å². The first kappa shape index (κ1) is 12.7. The topological polar surface area (TPSA) is 42.4 Å². The van der Waals surface area contributed by atoms with E-state index in [0.717, 1.165) is 31.0 Å². The van der Waals surface area contributed by atoms with Crippen molar-refractivity contribution in [2.45, 2.75) is 58.2 Å². The quantitative estimate of drug-likeness (QED) is 0.873. The Labute approximate surface area is 104 Å². The Balaban J connectivity index is 2.00. The van der Waals surface area contributed by atoms with Gasteiger partial charge in [0.25, 0.3) is 0 Å². The summed E-state index contributed by atoms with van der Waals surface area (Å²) in [6.07, 6.45) is 4.78. The van der Waals surface area contributed by atoms with E-state index in [2.05, 4.69) is 30.9 Å². The average Bonchev–Trinajstić information content (AvgIpc) is 2.77. The smallest absolute Gasteiger partial charge is 0.118 e. The van der Waals surface area contributed by atoms with Crippen LogP contribution in [0, 0.1) is 0 Å². The fraction of sp³-hybridized carbons (Fsp3) is 0.714. The molecule has 96 valence electrons. The van der Waals surface area contributed by atoms with Crippen molar-refractivity contribution < 1.29 is 4.42 Å². The van der Waals surface area contributed by atoms with E-state index in [9.17, 15) is 0 Å². The zero-order valence-electron chi connectivity index (χ0n) is 11.0. The Bertz CT molecular complexity index is 346. The molecule has 1 aromatic rings. The molecular weight excluding hydrogens is 212 g/mol. The van der Waals surface area contributed by atoms with Crippen molar-refractivity contribution in [3.8, 4) is 0 Å². The molecule has 2 heterocycles. The summed E-state index contributed by atoms with van der Waals surface area (Å²) >= 11 is 0. The fourth-order valence-electron chi connectivity index (χ4n) is 2.71. The number of hydrogen-bond acceptors (Lipinski definition) is 3. The van der Waals surface area contributed by atoms with Gasteiger partial charge in [-0.1, -0.05) is 13.3 Å². The molecule has 1 aliphatic heterocycles. The molecule has 0 amide bonds. The van der Waals surface area contributed by atoms with E-state index in [1.165, 1.54) is 19.3 Å². The third kappa shape index (κ3) is 3.11. The summed E-state index contributed by atoms with van der Waals surface area (Å²) in [7, 11) is 0. The van der Waals surface area contributed by atoms with Gasteiger partial charge in [-0.3, -0.25) is 4.90 Å². The largest absolute Gasteiger partial charge is 0.465 e. The van der Waals surface area contributed by atoms with E-state index in [1.54, 1.807) is 0 Å². The van der Waals surface area contributed by atoms with E-state index in [-0.39, 0.29) is 6.04 Å². The summed E-state index contributed by atoms with van der Waals surface area (Å²) in [5, 5.41) is 0. The molecule has 2 rings (SSSR count). The maximum absolute atomic E-state index is 6.07. The SMILES string of the molecule is CCc1ccc(CN2CCCCC2C(C)N)o1. The highest BCUT2D eigenvalue weighted by Crippen LogP contribution is 2.22. The predicted octanol–water partition coefficient (Wildman–Crippen LogP) is 2.54. The minimum Gasteiger partial charge on any atom is -0.465 e. The molecule has 0 saturated carbocycles. The lowest BCUT2D eigenvalue weighted by Crippen LogP contribution is -2.48. The van der Waals surface area contributed by atoms with Crippen molar-refractivity contribution in [1.82, 2.24) is 4.90 Å². The van der Waals surface area contributed by atoms with Crippen molar-refractivity contribution in [2.24, 2.45) is 5.73 Å². The van der Waals surface area contributed by atoms with Gasteiger partial charge in [-0.25, -0.2) is 0 Å². The summed E-state index contributed by atoms with van der Waals surface area (Å²) in [5.41, 5.74) is 6.07. The molecule has 3 heteroatoms. The van der Waals surface area contributed by atoms with Gasteiger partial charge in [-0.15, -0.1) is 0 Å². The van der Waals surface area contributed by atoms with E-state index < -0.39 is 0 Å². The highest BCUT2D eigenvalue weighted by atomic mass is 16.3. The molecule has 1 aliphatic rings. The third-order valence-corrected chi connectivity index (χ3v) is 3.70. The number of rotatable bonds is 4. The van der Waals surface area contributed by atoms with Gasteiger partial charge in [-0.2, -0.15) is 0 Å². The average molecular weight is 236 g/mol. The van der Waals surface area contributed by atoms with Crippen LogP contribution in [0.3, 0.4) is 0 Å². The first-order chi connectivity index (χ1) is 8.20. The number of furan rings is 1. The van der Waals surface area contributed by atoms with E-state index in [0.29, 0.717) is 6.04 Å². The second kappa shape index (κ2) is 5.69. The second-order valence-corrected chi connectivity index (χ2v) is 5.11. The number of nitrogens with zero attached hydrogens (tertiary/aromatic N) is 1. The van der Waals surface area contributed by atoms with Crippen LogP contribution in [-0.4, -0.2) is 23.5 Å². The summed E-state index contributed by atoms with van der Waals surface area (Å²) in [4.78, 5) is 2.48. The van der Waals surface area contributed by atoms with E-state index in [4.69, 9.17) is 10.2 Å². The van der Waals surface area contributed by atoms with Crippen LogP contribution in [0.15, 0.2) is 16.5 Å². The first-order valence-corrected chi connectivity index (χ1v) is 6.78. The van der Waals surface area contributed by atoms with Crippen molar-refractivity contribution in [3.63, 3.8) is 0 Å². The van der Waals surface area contributed by atoms with Crippen LogP contribution in [0.4, 0.5) is 0 Å². The van der Waals surface area contributed by atoms with Gasteiger partial charge in [0.15, 0.2) is 0 Å². The normalized spacial score (nSPS) is 23.8.